The third-order valence-electron chi connectivity index (χ3n) is 3.88. The molecule has 1 heterocycles. The highest BCUT2D eigenvalue weighted by atomic mass is 19.3. The largest absolute Gasteiger partial charge is 0.434 e. The molecule has 2 amide bonds. The molecule has 0 unspecified atom stereocenters. The van der Waals surface area contributed by atoms with E-state index in [9.17, 15) is 18.4 Å². The van der Waals surface area contributed by atoms with Gasteiger partial charge in [0.25, 0.3) is 5.91 Å². The number of carbonyl (C=O) groups excluding carboxylic acids is 2. The number of anilines is 2. The summed E-state index contributed by atoms with van der Waals surface area (Å²) >= 11 is 0. The number of aromatic nitrogens is 1. The number of halogens is 2. The number of hydrogen-bond acceptors (Lipinski definition) is 4. The van der Waals surface area contributed by atoms with Crippen LogP contribution in [-0.2, 0) is 4.79 Å². The van der Waals surface area contributed by atoms with E-state index in [0.29, 0.717) is 22.5 Å². The van der Waals surface area contributed by atoms with Crippen LogP contribution >= 0.6 is 0 Å². The van der Waals surface area contributed by atoms with E-state index >= 15 is 0 Å². The Morgan fingerprint density at radius 1 is 0.933 bits per heavy atom. The van der Waals surface area contributed by atoms with Gasteiger partial charge in [0, 0.05) is 41.0 Å². The van der Waals surface area contributed by atoms with E-state index in [1.807, 2.05) is 0 Å². The Kier molecular flexibility index (Phi) is 6.83. The number of hydrogen-bond donors (Lipinski definition) is 2. The third kappa shape index (κ3) is 5.96. The van der Waals surface area contributed by atoms with Gasteiger partial charge < -0.3 is 15.4 Å². The highest BCUT2D eigenvalue weighted by Gasteiger charge is 2.09. The van der Waals surface area contributed by atoms with Crippen molar-refractivity contribution in [2.75, 3.05) is 10.6 Å². The summed E-state index contributed by atoms with van der Waals surface area (Å²) in [7, 11) is 0. The Labute approximate surface area is 171 Å². The van der Waals surface area contributed by atoms with Crippen LogP contribution in [0.2, 0.25) is 0 Å². The average molecular weight is 409 g/mol. The lowest BCUT2D eigenvalue weighted by atomic mass is 10.1. The zero-order valence-electron chi connectivity index (χ0n) is 15.6. The zero-order valence-corrected chi connectivity index (χ0v) is 15.6. The summed E-state index contributed by atoms with van der Waals surface area (Å²) in [6, 6.07) is 15.8. The summed E-state index contributed by atoms with van der Waals surface area (Å²) in [6.45, 7) is -2.96. The van der Waals surface area contributed by atoms with Gasteiger partial charge in [-0.25, -0.2) is 0 Å². The van der Waals surface area contributed by atoms with Crippen LogP contribution in [-0.4, -0.2) is 23.4 Å². The fourth-order valence-corrected chi connectivity index (χ4v) is 2.55. The van der Waals surface area contributed by atoms with Crippen LogP contribution in [0.3, 0.4) is 0 Å². The van der Waals surface area contributed by atoms with Crippen molar-refractivity contribution in [3.8, 4) is 5.75 Å². The molecule has 0 atom stereocenters. The number of pyridine rings is 1. The second-order valence-electron chi connectivity index (χ2n) is 6.01. The van der Waals surface area contributed by atoms with Crippen LogP contribution < -0.4 is 15.4 Å². The van der Waals surface area contributed by atoms with E-state index in [1.54, 1.807) is 60.9 Å². The number of nitrogens with zero attached hydrogens (tertiary/aromatic N) is 1. The molecule has 2 aromatic carbocycles. The Hall–Kier alpha value is -4.07. The fourth-order valence-electron chi connectivity index (χ4n) is 2.55. The van der Waals surface area contributed by atoms with Gasteiger partial charge >= 0.3 is 6.61 Å². The Bertz CT molecular complexity index is 1060. The fraction of sp³-hybridized carbons (Fsp3) is 0.0455. The molecule has 0 aliphatic carbocycles. The van der Waals surface area contributed by atoms with Gasteiger partial charge in [0.15, 0.2) is 0 Å². The number of benzene rings is 2. The van der Waals surface area contributed by atoms with Crippen molar-refractivity contribution >= 4 is 29.3 Å². The Morgan fingerprint density at radius 2 is 1.70 bits per heavy atom. The van der Waals surface area contributed by atoms with Crippen LogP contribution in [0, 0.1) is 0 Å². The number of rotatable bonds is 7. The first-order valence-electron chi connectivity index (χ1n) is 8.85. The number of nitrogens with one attached hydrogen (secondary N) is 2. The number of alkyl halides is 2. The third-order valence-corrected chi connectivity index (χ3v) is 3.88. The van der Waals surface area contributed by atoms with Crippen LogP contribution in [0.1, 0.15) is 15.9 Å². The van der Waals surface area contributed by atoms with Crippen molar-refractivity contribution in [1.29, 1.82) is 0 Å². The van der Waals surface area contributed by atoms with Crippen molar-refractivity contribution in [1.82, 2.24) is 4.98 Å². The lowest BCUT2D eigenvalue weighted by Gasteiger charge is -2.08. The summed E-state index contributed by atoms with van der Waals surface area (Å²) in [4.78, 5) is 28.4. The molecule has 0 bridgehead atoms. The van der Waals surface area contributed by atoms with E-state index in [4.69, 9.17) is 0 Å². The van der Waals surface area contributed by atoms with Crippen molar-refractivity contribution in [3.05, 3.63) is 90.3 Å². The van der Waals surface area contributed by atoms with E-state index in [2.05, 4.69) is 20.4 Å². The molecule has 0 aliphatic heterocycles. The summed E-state index contributed by atoms with van der Waals surface area (Å²) in [5.74, 6) is -0.870. The summed E-state index contributed by atoms with van der Waals surface area (Å²) in [6.07, 6.45) is 5.68. The molecule has 0 fully saturated rings. The van der Waals surface area contributed by atoms with E-state index in [-0.39, 0.29) is 11.7 Å². The number of amides is 2. The molecule has 0 radical (unpaired) electrons. The molecule has 0 aliphatic rings. The zero-order chi connectivity index (χ0) is 21.3. The molecule has 152 valence electrons. The Balaban J connectivity index is 1.65. The van der Waals surface area contributed by atoms with Crippen molar-refractivity contribution in [2.24, 2.45) is 0 Å². The molecule has 0 spiro atoms. The van der Waals surface area contributed by atoms with Crippen molar-refractivity contribution in [3.63, 3.8) is 0 Å². The molecule has 0 saturated carbocycles. The summed E-state index contributed by atoms with van der Waals surface area (Å²) in [5, 5.41) is 5.35. The predicted molar refractivity (Wildman–Crippen MR) is 109 cm³/mol. The molecule has 6 nitrogen and oxygen atoms in total. The van der Waals surface area contributed by atoms with Gasteiger partial charge in [0.1, 0.15) is 5.75 Å². The van der Waals surface area contributed by atoms with Crippen molar-refractivity contribution in [2.45, 2.75) is 6.61 Å². The molecule has 0 saturated heterocycles. The molecular weight excluding hydrogens is 392 g/mol. The highest BCUT2D eigenvalue weighted by Crippen LogP contribution is 2.21. The van der Waals surface area contributed by atoms with E-state index in [1.165, 1.54) is 24.3 Å². The minimum absolute atomic E-state index is 0.0358. The number of ether oxygens (including phenoxy) is 1. The topological polar surface area (TPSA) is 80.3 Å². The molecule has 3 aromatic rings. The van der Waals surface area contributed by atoms with Gasteiger partial charge in [-0.3, -0.25) is 14.6 Å². The van der Waals surface area contributed by atoms with E-state index in [0.717, 1.165) is 0 Å². The van der Waals surface area contributed by atoms with Crippen LogP contribution in [0.15, 0.2) is 79.1 Å². The van der Waals surface area contributed by atoms with E-state index < -0.39 is 12.5 Å². The smallest absolute Gasteiger partial charge is 0.387 e. The maximum absolute atomic E-state index is 12.5. The first-order chi connectivity index (χ1) is 14.5. The second kappa shape index (κ2) is 9.92. The number of carbonyl (C=O) groups is 2. The first-order valence-corrected chi connectivity index (χ1v) is 8.85. The maximum Gasteiger partial charge on any atom is 0.387 e. The average Bonchev–Trinajstić information content (AvgIpc) is 2.73. The highest BCUT2D eigenvalue weighted by molar-refractivity contribution is 6.06. The van der Waals surface area contributed by atoms with Gasteiger partial charge in [-0.2, -0.15) is 8.78 Å². The number of para-hydroxylation sites is 1. The predicted octanol–water partition coefficient (Wildman–Crippen LogP) is 4.59. The van der Waals surface area contributed by atoms with Gasteiger partial charge in [-0.1, -0.05) is 24.3 Å². The molecule has 2 N–H and O–H groups in total. The monoisotopic (exact) mass is 409 g/mol. The standard InChI is InChI=1S/C22H17F2N3O3/c23-22(24)30-19-7-2-1-4-15(19)8-9-20(28)26-18-6-3-5-16(14-18)21(29)27-17-10-12-25-13-11-17/h1-14,22H,(H,26,28)(H,25,27,29)/b9-8+. The normalized spacial score (nSPS) is 10.8. The maximum atomic E-state index is 12.5. The second-order valence-corrected chi connectivity index (χ2v) is 6.01. The van der Waals surface area contributed by atoms with Gasteiger partial charge in [0.2, 0.25) is 5.91 Å². The molecule has 3 rings (SSSR count). The summed E-state index contributed by atoms with van der Waals surface area (Å²) < 4.78 is 29.4. The Morgan fingerprint density at radius 3 is 2.47 bits per heavy atom. The lowest BCUT2D eigenvalue weighted by molar-refractivity contribution is -0.111. The van der Waals surface area contributed by atoms with Crippen LogP contribution in [0.25, 0.3) is 6.08 Å². The van der Waals surface area contributed by atoms with Crippen molar-refractivity contribution < 1.29 is 23.1 Å². The minimum atomic E-state index is -2.96. The minimum Gasteiger partial charge on any atom is -0.434 e. The van der Waals surface area contributed by atoms with Crippen LogP contribution in [0.5, 0.6) is 5.75 Å². The molecular formula is C22H17F2N3O3. The summed E-state index contributed by atoms with van der Waals surface area (Å²) in [5.41, 5.74) is 1.68. The van der Waals surface area contributed by atoms with Gasteiger partial charge in [-0.15, -0.1) is 0 Å². The van der Waals surface area contributed by atoms with Gasteiger partial charge in [0.05, 0.1) is 0 Å². The van der Waals surface area contributed by atoms with Crippen LogP contribution in [0.4, 0.5) is 20.2 Å². The molecule has 30 heavy (non-hydrogen) atoms. The lowest BCUT2D eigenvalue weighted by Crippen LogP contribution is -2.13. The quantitative estimate of drug-likeness (QED) is 0.560. The van der Waals surface area contributed by atoms with Gasteiger partial charge in [-0.05, 0) is 42.5 Å². The molecule has 8 heteroatoms. The first kappa shape index (κ1) is 20.7. The SMILES string of the molecule is O=C(/C=C/c1ccccc1OC(F)F)Nc1cccc(C(=O)Nc2ccncc2)c1. The molecule has 1 aromatic heterocycles.